The van der Waals surface area contributed by atoms with Crippen LogP contribution in [0.1, 0.15) is 16.7 Å². The Kier molecular flexibility index (Phi) is 10.2. The quantitative estimate of drug-likeness (QED) is 0.352. The molecule has 4 rings (SSSR count). The molecule has 1 aliphatic rings. The fourth-order valence-corrected chi connectivity index (χ4v) is 4.18. The van der Waals surface area contributed by atoms with E-state index < -0.39 is 30.7 Å². The van der Waals surface area contributed by atoms with E-state index in [0.29, 0.717) is 19.8 Å². The smallest absolute Gasteiger partial charge is 0.184 e. The highest BCUT2D eigenvalue weighted by Gasteiger charge is 2.47. The molecule has 1 heterocycles. The van der Waals surface area contributed by atoms with E-state index in [1.807, 2.05) is 91.0 Å². The van der Waals surface area contributed by atoms with E-state index >= 15 is 0 Å². The Morgan fingerprint density at radius 1 is 0.667 bits per heavy atom. The molecule has 0 amide bonds. The van der Waals surface area contributed by atoms with Gasteiger partial charge in [0.25, 0.3) is 0 Å². The fourth-order valence-electron chi connectivity index (χ4n) is 4.18. The number of ether oxygens (including phenoxy) is 5. The van der Waals surface area contributed by atoms with Crippen LogP contribution in [0.15, 0.2) is 104 Å². The first-order valence-corrected chi connectivity index (χ1v) is 12.2. The Labute approximate surface area is 213 Å². The fraction of sp³-hybridized carbons (Fsp3) is 0.333. The molecule has 1 fully saturated rings. The first kappa shape index (κ1) is 26.2. The predicted molar refractivity (Wildman–Crippen MR) is 137 cm³/mol. The zero-order chi connectivity index (χ0) is 25.0. The van der Waals surface area contributed by atoms with Crippen LogP contribution in [0.25, 0.3) is 0 Å². The molecule has 1 N–H and O–H groups in total. The Bertz CT molecular complexity index is 1010. The molecule has 0 radical (unpaired) electrons. The summed E-state index contributed by atoms with van der Waals surface area (Å²) < 4.78 is 30.6. The van der Waals surface area contributed by atoms with E-state index in [2.05, 4.69) is 6.58 Å². The van der Waals surface area contributed by atoms with E-state index in [4.69, 9.17) is 23.7 Å². The van der Waals surface area contributed by atoms with Crippen molar-refractivity contribution in [2.75, 3.05) is 13.2 Å². The molecular formula is C30H34O6. The van der Waals surface area contributed by atoms with Gasteiger partial charge in [-0.1, -0.05) is 97.1 Å². The van der Waals surface area contributed by atoms with Gasteiger partial charge in [-0.05, 0) is 16.7 Å². The summed E-state index contributed by atoms with van der Waals surface area (Å²) in [6.45, 7) is 5.38. The lowest BCUT2D eigenvalue weighted by Gasteiger charge is -2.44. The topological polar surface area (TPSA) is 66.4 Å². The van der Waals surface area contributed by atoms with E-state index in [1.165, 1.54) is 0 Å². The maximum Gasteiger partial charge on any atom is 0.184 e. The van der Waals surface area contributed by atoms with Crippen molar-refractivity contribution in [2.24, 2.45) is 0 Å². The molecule has 6 heteroatoms. The molecule has 3 aromatic carbocycles. The molecule has 1 saturated heterocycles. The molecule has 5 atom stereocenters. The molecular weight excluding hydrogens is 456 g/mol. The van der Waals surface area contributed by atoms with E-state index in [0.717, 1.165) is 16.7 Å². The molecule has 190 valence electrons. The van der Waals surface area contributed by atoms with Crippen molar-refractivity contribution in [2.45, 2.75) is 50.5 Å². The largest absolute Gasteiger partial charge is 0.374 e. The lowest BCUT2D eigenvalue weighted by Crippen LogP contribution is -2.61. The van der Waals surface area contributed by atoms with Crippen LogP contribution in [0.4, 0.5) is 0 Å². The van der Waals surface area contributed by atoms with Gasteiger partial charge in [0.05, 0.1) is 33.0 Å². The van der Waals surface area contributed by atoms with E-state index in [1.54, 1.807) is 6.08 Å². The van der Waals surface area contributed by atoms with Gasteiger partial charge in [0.15, 0.2) is 6.29 Å². The number of aliphatic hydroxyl groups excluding tert-OH is 1. The van der Waals surface area contributed by atoms with Crippen LogP contribution in [0.3, 0.4) is 0 Å². The van der Waals surface area contributed by atoms with Crippen molar-refractivity contribution in [3.05, 3.63) is 120 Å². The third kappa shape index (κ3) is 7.58. The van der Waals surface area contributed by atoms with Gasteiger partial charge in [-0.2, -0.15) is 0 Å². The van der Waals surface area contributed by atoms with Gasteiger partial charge in [-0.3, -0.25) is 0 Å². The summed E-state index contributed by atoms with van der Waals surface area (Å²) in [5.74, 6) is 0. The van der Waals surface area contributed by atoms with Crippen LogP contribution in [0.5, 0.6) is 0 Å². The van der Waals surface area contributed by atoms with Gasteiger partial charge in [0.2, 0.25) is 0 Å². The first-order valence-electron chi connectivity index (χ1n) is 12.2. The summed E-state index contributed by atoms with van der Waals surface area (Å²) in [5.41, 5.74) is 3.07. The van der Waals surface area contributed by atoms with Crippen molar-refractivity contribution in [3.8, 4) is 0 Å². The summed E-state index contributed by atoms with van der Waals surface area (Å²) in [7, 11) is 0. The highest BCUT2D eigenvalue weighted by Crippen LogP contribution is 2.29. The molecule has 0 bridgehead atoms. The highest BCUT2D eigenvalue weighted by molar-refractivity contribution is 5.15. The molecule has 1 unspecified atom stereocenters. The maximum atomic E-state index is 10.9. The zero-order valence-corrected chi connectivity index (χ0v) is 20.4. The van der Waals surface area contributed by atoms with Crippen LogP contribution < -0.4 is 0 Å². The van der Waals surface area contributed by atoms with Crippen molar-refractivity contribution in [1.29, 1.82) is 0 Å². The van der Waals surface area contributed by atoms with Gasteiger partial charge in [0, 0.05) is 0 Å². The number of benzene rings is 3. The van der Waals surface area contributed by atoms with Crippen LogP contribution in [-0.4, -0.2) is 49.0 Å². The minimum Gasteiger partial charge on any atom is -0.374 e. The van der Waals surface area contributed by atoms with Crippen molar-refractivity contribution in [3.63, 3.8) is 0 Å². The summed E-state index contributed by atoms with van der Waals surface area (Å²) >= 11 is 0. The summed E-state index contributed by atoms with van der Waals surface area (Å²) in [6.07, 6.45) is -1.97. The van der Waals surface area contributed by atoms with E-state index in [9.17, 15) is 5.11 Å². The Hall–Kier alpha value is -2.84. The lowest BCUT2D eigenvalue weighted by atomic mass is 9.98. The number of hydrogen-bond acceptors (Lipinski definition) is 6. The van der Waals surface area contributed by atoms with E-state index in [-0.39, 0.29) is 13.2 Å². The summed E-state index contributed by atoms with van der Waals surface area (Å²) in [6, 6.07) is 29.6. The predicted octanol–water partition coefficient (Wildman–Crippen LogP) is 4.66. The van der Waals surface area contributed by atoms with Gasteiger partial charge in [-0.25, -0.2) is 0 Å². The Morgan fingerprint density at radius 2 is 1.17 bits per heavy atom. The second kappa shape index (κ2) is 14.0. The monoisotopic (exact) mass is 490 g/mol. The van der Waals surface area contributed by atoms with Crippen molar-refractivity contribution in [1.82, 2.24) is 0 Å². The van der Waals surface area contributed by atoms with Crippen LogP contribution in [-0.2, 0) is 43.5 Å². The third-order valence-corrected chi connectivity index (χ3v) is 5.98. The molecule has 0 saturated carbocycles. The standard InChI is InChI=1S/C30H34O6/c1-2-18-33-28-27(34-20-24-14-8-4-9-15-24)26(22-32-19-23-12-6-3-7-13-23)36-30(31)29(28)35-21-25-16-10-5-11-17-25/h2-17,26-31H,1,18-22H2/t26-,27+,28+,29-,30?/m1/s1. The zero-order valence-electron chi connectivity index (χ0n) is 20.4. The molecule has 6 nitrogen and oxygen atoms in total. The number of rotatable bonds is 13. The maximum absolute atomic E-state index is 10.9. The minimum absolute atomic E-state index is 0.227. The van der Waals surface area contributed by atoms with Crippen molar-refractivity contribution >= 4 is 0 Å². The van der Waals surface area contributed by atoms with Crippen molar-refractivity contribution < 1.29 is 28.8 Å². The summed E-state index contributed by atoms with van der Waals surface area (Å²) in [5, 5.41) is 10.9. The van der Waals surface area contributed by atoms with Gasteiger partial charge >= 0.3 is 0 Å². The highest BCUT2D eigenvalue weighted by atomic mass is 16.7. The normalized spacial score (nSPS) is 23.9. The van der Waals surface area contributed by atoms with Gasteiger partial charge in [0.1, 0.15) is 24.4 Å². The first-order chi connectivity index (χ1) is 17.7. The number of aliphatic hydroxyl groups is 1. The number of hydrogen-bond donors (Lipinski definition) is 1. The van der Waals surface area contributed by atoms with Crippen LogP contribution >= 0.6 is 0 Å². The average molecular weight is 491 g/mol. The van der Waals surface area contributed by atoms with Crippen LogP contribution in [0, 0.1) is 0 Å². The lowest BCUT2D eigenvalue weighted by molar-refractivity contribution is -0.314. The molecule has 1 aliphatic heterocycles. The Balaban J connectivity index is 1.49. The molecule has 0 aromatic heterocycles. The minimum atomic E-state index is -1.20. The SMILES string of the molecule is C=CCO[C@H]1[C@@H](OCc2ccccc2)[C@@H](COCc2ccccc2)OC(O)[C@@H]1OCc1ccccc1. The van der Waals surface area contributed by atoms with Crippen LogP contribution in [0.2, 0.25) is 0 Å². The summed E-state index contributed by atoms with van der Waals surface area (Å²) in [4.78, 5) is 0. The Morgan fingerprint density at radius 3 is 1.69 bits per heavy atom. The third-order valence-electron chi connectivity index (χ3n) is 5.98. The average Bonchev–Trinajstić information content (AvgIpc) is 2.92. The second-order valence-corrected chi connectivity index (χ2v) is 8.67. The van der Waals surface area contributed by atoms with Gasteiger partial charge in [-0.15, -0.1) is 6.58 Å². The molecule has 3 aromatic rings. The second-order valence-electron chi connectivity index (χ2n) is 8.67. The molecule has 0 spiro atoms. The molecule has 36 heavy (non-hydrogen) atoms. The van der Waals surface area contributed by atoms with Gasteiger partial charge < -0.3 is 28.8 Å². The molecule has 0 aliphatic carbocycles.